The highest BCUT2D eigenvalue weighted by atomic mass is 35.5. The molecule has 130 valence electrons. The highest BCUT2D eigenvalue weighted by Gasteiger charge is 2.17. The number of rotatable bonds is 3. The van der Waals surface area contributed by atoms with Gasteiger partial charge in [-0.2, -0.15) is 0 Å². The molecule has 0 unspecified atom stereocenters. The van der Waals surface area contributed by atoms with Crippen molar-refractivity contribution in [1.82, 2.24) is 4.98 Å². The first-order valence-corrected chi connectivity index (χ1v) is 7.56. The van der Waals surface area contributed by atoms with Gasteiger partial charge in [0.1, 0.15) is 11.3 Å². The number of pyridine rings is 1. The van der Waals surface area contributed by atoms with Gasteiger partial charge in [0.15, 0.2) is 0 Å². The SMILES string of the molecule is Cc1ccc(O)c(Nc2c(C(=O)O)cnc3c(C)cc(C)cc23)c1.Cl. The Morgan fingerprint density at radius 2 is 1.80 bits per heavy atom. The number of fused-ring (bicyclic) bond motifs is 1. The largest absolute Gasteiger partial charge is 0.506 e. The molecule has 0 aliphatic heterocycles. The minimum Gasteiger partial charge on any atom is -0.506 e. The Morgan fingerprint density at radius 3 is 2.48 bits per heavy atom. The Hall–Kier alpha value is -2.79. The third-order valence-corrected chi connectivity index (χ3v) is 3.95. The molecule has 2 aromatic carbocycles. The van der Waals surface area contributed by atoms with Gasteiger partial charge in [-0.25, -0.2) is 4.79 Å². The van der Waals surface area contributed by atoms with Crippen molar-refractivity contribution < 1.29 is 15.0 Å². The molecule has 0 saturated carbocycles. The fraction of sp³-hybridized carbons (Fsp3) is 0.158. The van der Waals surface area contributed by atoms with Crippen molar-refractivity contribution in [3.05, 3.63) is 58.8 Å². The van der Waals surface area contributed by atoms with Crippen LogP contribution in [0.25, 0.3) is 10.9 Å². The molecule has 0 fully saturated rings. The van der Waals surface area contributed by atoms with Crippen molar-refractivity contribution in [2.24, 2.45) is 0 Å². The summed E-state index contributed by atoms with van der Waals surface area (Å²) in [6, 6.07) is 9.05. The molecule has 6 heteroatoms. The van der Waals surface area contributed by atoms with E-state index in [1.54, 1.807) is 18.2 Å². The number of aromatic hydroxyl groups is 1. The number of nitrogens with one attached hydrogen (secondary N) is 1. The van der Waals surface area contributed by atoms with Crippen molar-refractivity contribution in [3.63, 3.8) is 0 Å². The number of phenols is 1. The van der Waals surface area contributed by atoms with E-state index >= 15 is 0 Å². The molecule has 5 nitrogen and oxygen atoms in total. The van der Waals surface area contributed by atoms with Gasteiger partial charge < -0.3 is 15.5 Å². The summed E-state index contributed by atoms with van der Waals surface area (Å²) in [5, 5.41) is 23.4. The Kier molecular flexibility index (Phi) is 5.18. The number of aromatic nitrogens is 1. The predicted molar refractivity (Wildman–Crippen MR) is 102 cm³/mol. The van der Waals surface area contributed by atoms with Crippen LogP contribution in [0.1, 0.15) is 27.0 Å². The number of hydrogen-bond donors (Lipinski definition) is 3. The normalized spacial score (nSPS) is 10.4. The van der Waals surface area contributed by atoms with Crippen molar-refractivity contribution in [3.8, 4) is 5.75 Å². The van der Waals surface area contributed by atoms with Gasteiger partial charge in [-0.1, -0.05) is 17.7 Å². The molecule has 3 N–H and O–H groups in total. The van der Waals surface area contributed by atoms with E-state index < -0.39 is 5.97 Å². The van der Waals surface area contributed by atoms with E-state index in [1.807, 2.05) is 32.9 Å². The van der Waals surface area contributed by atoms with Crippen LogP contribution in [0.4, 0.5) is 11.4 Å². The van der Waals surface area contributed by atoms with Crippen LogP contribution in [-0.2, 0) is 0 Å². The van der Waals surface area contributed by atoms with Gasteiger partial charge in [0.2, 0.25) is 0 Å². The third-order valence-electron chi connectivity index (χ3n) is 3.95. The number of aromatic carboxylic acids is 1. The number of aryl methyl sites for hydroxylation is 3. The first-order valence-electron chi connectivity index (χ1n) is 7.56. The van der Waals surface area contributed by atoms with Gasteiger partial charge in [0.05, 0.1) is 16.9 Å². The van der Waals surface area contributed by atoms with Gasteiger partial charge >= 0.3 is 5.97 Å². The summed E-state index contributed by atoms with van der Waals surface area (Å²) in [6.45, 7) is 5.80. The van der Waals surface area contributed by atoms with Crippen molar-refractivity contribution >= 4 is 40.7 Å². The maximum absolute atomic E-state index is 11.6. The van der Waals surface area contributed by atoms with E-state index in [1.165, 1.54) is 6.20 Å². The number of halogens is 1. The van der Waals surface area contributed by atoms with E-state index in [-0.39, 0.29) is 23.7 Å². The second kappa shape index (κ2) is 6.99. The number of anilines is 2. The molecular formula is C19H19ClN2O3. The quantitative estimate of drug-likeness (QED) is 0.589. The van der Waals surface area contributed by atoms with Gasteiger partial charge in [0, 0.05) is 11.6 Å². The van der Waals surface area contributed by atoms with Gasteiger partial charge in [0.25, 0.3) is 0 Å². The number of carboxylic acid groups (broad SMARTS) is 1. The standard InChI is InChI=1S/C19H18N2O3.ClH/c1-10-4-5-16(22)15(8-10)21-18-13-7-11(2)6-12(3)17(13)20-9-14(18)19(23)24;/h4-9,22H,1-3H3,(H,20,21)(H,23,24);1H. The lowest BCUT2D eigenvalue weighted by atomic mass is 10.0. The van der Waals surface area contributed by atoms with Crippen LogP contribution in [-0.4, -0.2) is 21.2 Å². The smallest absolute Gasteiger partial charge is 0.339 e. The summed E-state index contributed by atoms with van der Waals surface area (Å²) < 4.78 is 0. The lowest BCUT2D eigenvalue weighted by Crippen LogP contribution is -2.05. The van der Waals surface area contributed by atoms with Gasteiger partial charge in [-0.3, -0.25) is 4.98 Å². The first-order chi connectivity index (χ1) is 11.4. The van der Waals surface area contributed by atoms with Crippen LogP contribution in [0, 0.1) is 20.8 Å². The Morgan fingerprint density at radius 1 is 1.08 bits per heavy atom. The molecule has 0 radical (unpaired) electrons. The maximum atomic E-state index is 11.6. The molecule has 1 aromatic heterocycles. The molecule has 0 aliphatic carbocycles. The van der Waals surface area contributed by atoms with Crippen LogP contribution in [0.3, 0.4) is 0 Å². The number of carboxylic acids is 1. The Bertz CT molecular complexity index is 971. The highest BCUT2D eigenvalue weighted by molar-refractivity contribution is 6.06. The predicted octanol–water partition coefficient (Wildman–Crippen LogP) is 4.73. The second-order valence-corrected chi connectivity index (χ2v) is 5.98. The molecule has 3 rings (SSSR count). The lowest BCUT2D eigenvalue weighted by Gasteiger charge is -2.15. The van der Waals surface area contributed by atoms with Crippen LogP contribution in [0.2, 0.25) is 0 Å². The average molecular weight is 359 g/mol. The molecule has 3 aromatic rings. The van der Waals surface area contributed by atoms with Crippen LogP contribution >= 0.6 is 12.4 Å². The lowest BCUT2D eigenvalue weighted by molar-refractivity contribution is 0.0697. The van der Waals surface area contributed by atoms with E-state index in [4.69, 9.17) is 0 Å². The minimum atomic E-state index is -1.07. The molecule has 25 heavy (non-hydrogen) atoms. The Balaban J connectivity index is 0.00000225. The number of carbonyl (C=O) groups is 1. The molecular weight excluding hydrogens is 340 g/mol. The molecule has 0 spiro atoms. The summed E-state index contributed by atoms with van der Waals surface area (Å²) in [7, 11) is 0. The Labute approximate surface area is 151 Å². The summed E-state index contributed by atoms with van der Waals surface area (Å²) in [4.78, 5) is 15.9. The molecule has 0 bridgehead atoms. The van der Waals surface area contributed by atoms with Crippen molar-refractivity contribution in [1.29, 1.82) is 0 Å². The molecule has 0 saturated heterocycles. The maximum Gasteiger partial charge on any atom is 0.339 e. The second-order valence-electron chi connectivity index (χ2n) is 5.98. The summed E-state index contributed by atoms with van der Waals surface area (Å²) >= 11 is 0. The average Bonchev–Trinajstić information content (AvgIpc) is 2.51. The summed E-state index contributed by atoms with van der Waals surface area (Å²) in [5.74, 6) is -1.01. The zero-order valence-corrected chi connectivity index (χ0v) is 14.9. The zero-order chi connectivity index (χ0) is 17.4. The van der Waals surface area contributed by atoms with E-state index in [9.17, 15) is 15.0 Å². The van der Waals surface area contributed by atoms with E-state index in [0.717, 1.165) is 22.2 Å². The van der Waals surface area contributed by atoms with Crippen LogP contribution < -0.4 is 5.32 Å². The highest BCUT2D eigenvalue weighted by Crippen LogP contribution is 2.34. The van der Waals surface area contributed by atoms with Gasteiger partial charge in [-0.15, -0.1) is 12.4 Å². The molecule has 1 heterocycles. The van der Waals surface area contributed by atoms with Crippen LogP contribution in [0.5, 0.6) is 5.75 Å². The molecule has 0 amide bonds. The number of hydrogen-bond acceptors (Lipinski definition) is 4. The molecule has 0 atom stereocenters. The molecule has 0 aliphatic rings. The van der Waals surface area contributed by atoms with E-state index in [0.29, 0.717) is 16.8 Å². The minimum absolute atomic E-state index is 0. The monoisotopic (exact) mass is 358 g/mol. The summed E-state index contributed by atoms with van der Waals surface area (Å²) in [5.41, 5.74) is 4.63. The van der Waals surface area contributed by atoms with E-state index in [2.05, 4.69) is 10.3 Å². The fourth-order valence-corrected chi connectivity index (χ4v) is 2.84. The summed E-state index contributed by atoms with van der Waals surface area (Å²) in [6.07, 6.45) is 1.35. The van der Waals surface area contributed by atoms with Crippen molar-refractivity contribution in [2.75, 3.05) is 5.32 Å². The fourth-order valence-electron chi connectivity index (χ4n) is 2.84. The van der Waals surface area contributed by atoms with Gasteiger partial charge in [-0.05, 0) is 50.1 Å². The zero-order valence-electron chi connectivity index (χ0n) is 14.1. The number of nitrogens with zero attached hydrogens (tertiary/aromatic N) is 1. The topological polar surface area (TPSA) is 82.5 Å². The van der Waals surface area contributed by atoms with Crippen LogP contribution in [0.15, 0.2) is 36.5 Å². The first kappa shape index (κ1) is 18.5. The third kappa shape index (κ3) is 3.51. The number of phenolic OH excluding ortho intramolecular Hbond substituents is 1. The van der Waals surface area contributed by atoms with Crippen molar-refractivity contribution in [2.45, 2.75) is 20.8 Å². The number of benzene rings is 2.